The van der Waals surface area contributed by atoms with Crippen molar-refractivity contribution < 1.29 is 13.6 Å². The van der Waals surface area contributed by atoms with Crippen molar-refractivity contribution in [2.75, 3.05) is 0 Å². The van der Waals surface area contributed by atoms with Gasteiger partial charge in [0.05, 0.1) is 30.1 Å². The molecule has 1 amide bonds. The van der Waals surface area contributed by atoms with Crippen molar-refractivity contribution in [2.45, 2.75) is 13.1 Å². The van der Waals surface area contributed by atoms with E-state index < -0.39 is 0 Å². The van der Waals surface area contributed by atoms with Gasteiger partial charge in [-0.05, 0) is 36.4 Å². The summed E-state index contributed by atoms with van der Waals surface area (Å²) in [5.41, 5.74) is 1.71. The zero-order valence-corrected chi connectivity index (χ0v) is 12.8. The van der Waals surface area contributed by atoms with E-state index in [1.54, 1.807) is 24.7 Å². The minimum absolute atomic E-state index is 0.123. The minimum atomic E-state index is -0.123. The average molecular weight is 321 g/mol. The number of hydrogen-bond acceptors (Lipinski definition) is 4. The quantitative estimate of drug-likeness (QED) is 0.612. The molecule has 0 saturated heterocycles. The summed E-state index contributed by atoms with van der Waals surface area (Å²) >= 11 is 0. The smallest absolute Gasteiger partial charge is 0.240 e. The second-order valence-electron chi connectivity index (χ2n) is 5.34. The van der Waals surface area contributed by atoms with Crippen LogP contribution in [0.1, 0.15) is 5.76 Å². The molecule has 3 aromatic heterocycles. The zero-order valence-electron chi connectivity index (χ0n) is 12.8. The molecule has 6 heteroatoms. The van der Waals surface area contributed by atoms with Crippen LogP contribution < -0.4 is 5.32 Å². The minimum Gasteiger partial charge on any atom is -0.467 e. The van der Waals surface area contributed by atoms with Crippen LogP contribution in [0.15, 0.2) is 69.9 Å². The number of nitrogens with zero attached hydrogens (tertiary/aromatic N) is 2. The first kappa shape index (κ1) is 14.3. The number of rotatable bonds is 5. The largest absolute Gasteiger partial charge is 0.467 e. The lowest BCUT2D eigenvalue weighted by Crippen LogP contribution is -2.27. The molecule has 24 heavy (non-hydrogen) atoms. The number of carbonyl (C=O) groups is 1. The van der Waals surface area contributed by atoms with Gasteiger partial charge in [-0.2, -0.15) is 0 Å². The molecule has 0 unspecified atom stereocenters. The molecule has 120 valence electrons. The molecule has 0 radical (unpaired) electrons. The molecule has 0 fully saturated rings. The van der Waals surface area contributed by atoms with Crippen LogP contribution in [0.25, 0.3) is 22.6 Å². The van der Waals surface area contributed by atoms with Gasteiger partial charge in [0.15, 0.2) is 11.6 Å². The Bertz CT molecular complexity index is 953. The Labute approximate surface area is 137 Å². The number of para-hydroxylation sites is 2. The number of imidazole rings is 1. The van der Waals surface area contributed by atoms with E-state index in [4.69, 9.17) is 8.83 Å². The average Bonchev–Trinajstić information content (AvgIpc) is 3.34. The van der Waals surface area contributed by atoms with Crippen LogP contribution in [0, 0.1) is 0 Å². The molecule has 3 heterocycles. The Kier molecular flexibility index (Phi) is 3.63. The summed E-state index contributed by atoms with van der Waals surface area (Å²) in [6, 6.07) is 14.9. The normalized spacial score (nSPS) is 11.0. The van der Waals surface area contributed by atoms with E-state index in [0.29, 0.717) is 23.9 Å². The summed E-state index contributed by atoms with van der Waals surface area (Å²) in [7, 11) is 0. The molecule has 1 N–H and O–H groups in total. The number of furan rings is 2. The van der Waals surface area contributed by atoms with Crippen LogP contribution in [0.5, 0.6) is 0 Å². The predicted octanol–water partition coefficient (Wildman–Crippen LogP) is 3.21. The number of amides is 1. The molecule has 6 nitrogen and oxygen atoms in total. The summed E-state index contributed by atoms with van der Waals surface area (Å²) in [6.07, 6.45) is 3.18. The van der Waals surface area contributed by atoms with Gasteiger partial charge in [0.2, 0.25) is 5.91 Å². The Hall–Kier alpha value is -3.28. The fourth-order valence-electron chi connectivity index (χ4n) is 2.63. The maximum Gasteiger partial charge on any atom is 0.240 e. The number of carbonyl (C=O) groups excluding carboxylic acids is 1. The SMILES string of the molecule is O=C(Cn1c(-c2ccco2)nc2ccccc21)NCc1ccco1. The Balaban J connectivity index is 1.62. The van der Waals surface area contributed by atoms with E-state index >= 15 is 0 Å². The molecule has 0 spiro atoms. The molecule has 1 aromatic carbocycles. The van der Waals surface area contributed by atoms with Crippen molar-refractivity contribution in [3.63, 3.8) is 0 Å². The van der Waals surface area contributed by atoms with Gasteiger partial charge in [-0.15, -0.1) is 0 Å². The highest BCUT2D eigenvalue weighted by Crippen LogP contribution is 2.25. The standard InChI is InChI=1S/C18H15N3O3/c22-17(19-11-13-5-3-9-23-13)12-21-15-7-2-1-6-14(15)20-18(21)16-8-4-10-24-16/h1-10H,11-12H2,(H,19,22). The highest BCUT2D eigenvalue weighted by molar-refractivity contribution is 5.83. The lowest BCUT2D eigenvalue weighted by molar-refractivity contribution is -0.121. The van der Waals surface area contributed by atoms with Gasteiger partial charge in [0.1, 0.15) is 12.3 Å². The van der Waals surface area contributed by atoms with Crippen LogP contribution in [0.2, 0.25) is 0 Å². The predicted molar refractivity (Wildman–Crippen MR) is 88.0 cm³/mol. The first-order valence-corrected chi connectivity index (χ1v) is 7.59. The van der Waals surface area contributed by atoms with Gasteiger partial charge in [0, 0.05) is 0 Å². The fourth-order valence-corrected chi connectivity index (χ4v) is 2.63. The van der Waals surface area contributed by atoms with Crippen LogP contribution >= 0.6 is 0 Å². The second kappa shape index (κ2) is 6.08. The summed E-state index contributed by atoms with van der Waals surface area (Å²) in [5.74, 6) is 1.85. The summed E-state index contributed by atoms with van der Waals surface area (Å²) in [5, 5.41) is 2.85. The second-order valence-corrected chi connectivity index (χ2v) is 5.34. The van der Waals surface area contributed by atoms with E-state index in [9.17, 15) is 4.79 Å². The first-order chi connectivity index (χ1) is 11.8. The summed E-state index contributed by atoms with van der Waals surface area (Å²) in [4.78, 5) is 16.9. The van der Waals surface area contributed by atoms with E-state index in [2.05, 4.69) is 10.3 Å². The number of benzene rings is 1. The third-order valence-electron chi connectivity index (χ3n) is 3.74. The molecular weight excluding hydrogens is 306 g/mol. The van der Waals surface area contributed by atoms with Crippen LogP contribution in [-0.4, -0.2) is 15.5 Å². The zero-order chi connectivity index (χ0) is 16.4. The summed E-state index contributed by atoms with van der Waals surface area (Å²) in [6.45, 7) is 0.506. The van der Waals surface area contributed by atoms with E-state index in [1.807, 2.05) is 41.0 Å². The third kappa shape index (κ3) is 2.69. The highest BCUT2D eigenvalue weighted by Gasteiger charge is 2.16. The molecule has 0 aliphatic heterocycles. The van der Waals surface area contributed by atoms with Gasteiger partial charge < -0.3 is 18.7 Å². The van der Waals surface area contributed by atoms with Gasteiger partial charge in [-0.1, -0.05) is 12.1 Å². The third-order valence-corrected chi connectivity index (χ3v) is 3.74. The Morgan fingerprint density at radius 1 is 1.04 bits per heavy atom. The molecule has 0 atom stereocenters. The van der Waals surface area contributed by atoms with Crippen molar-refractivity contribution in [1.29, 1.82) is 0 Å². The molecule has 0 saturated carbocycles. The van der Waals surface area contributed by atoms with E-state index in [0.717, 1.165) is 11.0 Å². The number of hydrogen-bond donors (Lipinski definition) is 1. The van der Waals surface area contributed by atoms with Gasteiger partial charge in [-0.25, -0.2) is 4.98 Å². The van der Waals surface area contributed by atoms with Gasteiger partial charge in [-0.3, -0.25) is 4.79 Å². The molecular formula is C18H15N3O3. The first-order valence-electron chi connectivity index (χ1n) is 7.59. The molecule has 0 aliphatic rings. The molecule has 4 aromatic rings. The summed E-state index contributed by atoms with van der Waals surface area (Å²) < 4.78 is 12.5. The Morgan fingerprint density at radius 2 is 1.88 bits per heavy atom. The number of nitrogens with one attached hydrogen (secondary N) is 1. The maximum absolute atomic E-state index is 12.3. The van der Waals surface area contributed by atoms with Crippen LogP contribution in [-0.2, 0) is 17.9 Å². The molecule has 0 aliphatic carbocycles. The van der Waals surface area contributed by atoms with E-state index in [-0.39, 0.29) is 12.5 Å². The van der Waals surface area contributed by atoms with Crippen molar-refractivity contribution in [3.05, 3.63) is 66.8 Å². The number of fused-ring (bicyclic) bond motifs is 1. The van der Waals surface area contributed by atoms with Crippen molar-refractivity contribution in [1.82, 2.24) is 14.9 Å². The van der Waals surface area contributed by atoms with Crippen molar-refractivity contribution >= 4 is 16.9 Å². The maximum atomic E-state index is 12.3. The lowest BCUT2D eigenvalue weighted by Gasteiger charge is -2.08. The monoisotopic (exact) mass is 321 g/mol. The van der Waals surface area contributed by atoms with Crippen LogP contribution in [0.4, 0.5) is 0 Å². The number of aromatic nitrogens is 2. The lowest BCUT2D eigenvalue weighted by atomic mass is 10.3. The van der Waals surface area contributed by atoms with Crippen molar-refractivity contribution in [3.8, 4) is 11.6 Å². The van der Waals surface area contributed by atoms with Gasteiger partial charge in [0.25, 0.3) is 0 Å². The van der Waals surface area contributed by atoms with Crippen molar-refractivity contribution in [2.24, 2.45) is 0 Å². The van der Waals surface area contributed by atoms with Gasteiger partial charge >= 0.3 is 0 Å². The molecule has 0 bridgehead atoms. The van der Waals surface area contributed by atoms with Crippen LogP contribution in [0.3, 0.4) is 0 Å². The topological polar surface area (TPSA) is 73.2 Å². The highest BCUT2D eigenvalue weighted by atomic mass is 16.3. The fraction of sp³-hybridized carbons (Fsp3) is 0.111. The molecule has 4 rings (SSSR count). The van der Waals surface area contributed by atoms with E-state index in [1.165, 1.54) is 0 Å². The Morgan fingerprint density at radius 3 is 2.67 bits per heavy atom.